The number of piperidine rings is 1. The molecule has 0 saturated carbocycles. The summed E-state index contributed by atoms with van der Waals surface area (Å²) in [5.74, 6) is 1.31. The molecule has 182 valence electrons. The van der Waals surface area contributed by atoms with Gasteiger partial charge in [0.25, 0.3) is 5.91 Å². The first-order valence-corrected chi connectivity index (χ1v) is 12.3. The van der Waals surface area contributed by atoms with Gasteiger partial charge >= 0.3 is 0 Å². The van der Waals surface area contributed by atoms with E-state index in [1.807, 2.05) is 47.4 Å². The molecule has 1 aliphatic rings. The maximum Gasteiger partial charge on any atom is 0.253 e. The summed E-state index contributed by atoms with van der Waals surface area (Å²) < 4.78 is 5.81. The number of benzene rings is 3. The molecule has 3 aromatic carbocycles. The minimum absolute atomic E-state index is 0.0252. The largest absolute Gasteiger partial charge is 0.493 e. The number of ether oxygens (including phenoxy) is 1. The third-order valence-corrected chi connectivity index (χ3v) is 6.27. The summed E-state index contributed by atoms with van der Waals surface area (Å²) in [5.41, 5.74) is 3.30. The van der Waals surface area contributed by atoms with E-state index < -0.39 is 0 Å². The quantitative estimate of drug-likeness (QED) is 0.448. The molecular formula is C29H33N3O3. The minimum Gasteiger partial charge on any atom is -0.493 e. The topological polar surface area (TPSA) is 70.7 Å². The summed E-state index contributed by atoms with van der Waals surface area (Å²) in [5, 5.41) is 6.00. The third-order valence-electron chi connectivity index (χ3n) is 6.27. The minimum atomic E-state index is -0.176. The predicted molar refractivity (Wildman–Crippen MR) is 140 cm³/mol. The Balaban J connectivity index is 1.22. The third kappa shape index (κ3) is 7.34. The van der Waals surface area contributed by atoms with Crippen molar-refractivity contribution < 1.29 is 14.3 Å². The number of hydrogen-bond donors (Lipinski definition) is 2. The van der Waals surface area contributed by atoms with Gasteiger partial charge in [-0.05, 0) is 66.8 Å². The Bertz CT molecular complexity index is 1110. The van der Waals surface area contributed by atoms with E-state index in [0.29, 0.717) is 23.8 Å². The average Bonchev–Trinajstić information content (AvgIpc) is 2.89. The van der Waals surface area contributed by atoms with Gasteiger partial charge in [-0.2, -0.15) is 0 Å². The van der Waals surface area contributed by atoms with Crippen LogP contribution in [0.25, 0.3) is 0 Å². The van der Waals surface area contributed by atoms with Gasteiger partial charge in [0.2, 0.25) is 5.91 Å². The highest BCUT2D eigenvalue weighted by atomic mass is 16.5. The molecule has 0 atom stereocenters. The van der Waals surface area contributed by atoms with Crippen molar-refractivity contribution in [3.63, 3.8) is 0 Å². The van der Waals surface area contributed by atoms with Gasteiger partial charge in [0.15, 0.2) is 0 Å². The summed E-state index contributed by atoms with van der Waals surface area (Å²) in [6, 6.07) is 25.0. The molecule has 6 nitrogen and oxygen atoms in total. The van der Waals surface area contributed by atoms with Crippen molar-refractivity contribution in [1.29, 1.82) is 0 Å². The Morgan fingerprint density at radius 1 is 0.914 bits per heavy atom. The normalized spacial score (nSPS) is 13.8. The smallest absolute Gasteiger partial charge is 0.253 e. The molecule has 35 heavy (non-hydrogen) atoms. The molecule has 1 aliphatic heterocycles. The average molecular weight is 472 g/mol. The standard InChI is InChI=1S/C29H33N3O3/c1-22-14-17-32(18-15-22)29(34)24-8-5-9-26(20-24)31-28(33)21-30-25-10-12-27(13-11-25)35-19-16-23-6-3-2-4-7-23/h2-13,20,22,30H,14-19,21H2,1H3,(H,31,33). The first-order valence-electron chi connectivity index (χ1n) is 12.3. The van der Waals surface area contributed by atoms with E-state index in [-0.39, 0.29) is 18.4 Å². The number of amides is 2. The Kier molecular flexibility index (Phi) is 8.39. The molecule has 4 rings (SSSR count). The molecule has 1 saturated heterocycles. The maximum atomic E-state index is 12.8. The van der Waals surface area contributed by atoms with Crippen LogP contribution in [0.4, 0.5) is 11.4 Å². The predicted octanol–water partition coefficient (Wildman–Crippen LogP) is 5.23. The summed E-state index contributed by atoms with van der Waals surface area (Å²) in [4.78, 5) is 27.2. The van der Waals surface area contributed by atoms with Gasteiger partial charge in [-0.1, -0.05) is 43.3 Å². The van der Waals surface area contributed by atoms with E-state index in [9.17, 15) is 9.59 Å². The highest BCUT2D eigenvalue weighted by molar-refractivity contribution is 5.98. The molecule has 0 aromatic heterocycles. The fraction of sp³-hybridized carbons (Fsp3) is 0.310. The van der Waals surface area contributed by atoms with Crippen molar-refractivity contribution in [2.75, 3.05) is 36.9 Å². The Morgan fingerprint density at radius 2 is 1.66 bits per heavy atom. The maximum absolute atomic E-state index is 12.8. The summed E-state index contributed by atoms with van der Waals surface area (Å²) in [6.07, 6.45) is 2.92. The van der Waals surface area contributed by atoms with Crippen molar-refractivity contribution in [3.05, 3.63) is 90.0 Å². The van der Waals surface area contributed by atoms with Crippen molar-refractivity contribution in [3.8, 4) is 5.75 Å². The van der Waals surface area contributed by atoms with Gasteiger partial charge in [-0.25, -0.2) is 0 Å². The molecule has 0 unspecified atom stereocenters. The Hall–Kier alpha value is -3.80. The van der Waals surface area contributed by atoms with Crippen LogP contribution in [-0.4, -0.2) is 43.0 Å². The molecule has 0 spiro atoms. The second-order valence-corrected chi connectivity index (χ2v) is 9.07. The second kappa shape index (κ2) is 12.1. The van der Waals surface area contributed by atoms with Crippen LogP contribution < -0.4 is 15.4 Å². The van der Waals surface area contributed by atoms with Crippen LogP contribution in [0.5, 0.6) is 5.75 Å². The Morgan fingerprint density at radius 3 is 2.40 bits per heavy atom. The van der Waals surface area contributed by atoms with E-state index >= 15 is 0 Å². The van der Waals surface area contributed by atoms with Crippen LogP contribution in [-0.2, 0) is 11.2 Å². The van der Waals surface area contributed by atoms with Gasteiger partial charge in [0, 0.05) is 36.4 Å². The molecule has 0 radical (unpaired) electrons. The lowest BCUT2D eigenvalue weighted by molar-refractivity contribution is -0.114. The van der Waals surface area contributed by atoms with Crippen LogP contribution in [0.1, 0.15) is 35.7 Å². The highest BCUT2D eigenvalue weighted by Crippen LogP contribution is 2.20. The van der Waals surface area contributed by atoms with Gasteiger partial charge in [-0.3, -0.25) is 9.59 Å². The number of carbonyl (C=O) groups excluding carboxylic acids is 2. The monoisotopic (exact) mass is 471 g/mol. The Labute approximate surface area is 207 Å². The van der Waals surface area contributed by atoms with Gasteiger partial charge in [-0.15, -0.1) is 0 Å². The first-order chi connectivity index (χ1) is 17.1. The van der Waals surface area contributed by atoms with Gasteiger partial charge < -0.3 is 20.3 Å². The van der Waals surface area contributed by atoms with Crippen molar-refractivity contribution >= 4 is 23.2 Å². The summed E-state index contributed by atoms with van der Waals surface area (Å²) >= 11 is 0. The first kappa shape index (κ1) is 24.3. The zero-order chi connectivity index (χ0) is 24.5. The second-order valence-electron chi connectivity index (χ2n) is 9.07. The van der Waals surface area contributed by atoms with Gasteiger partial charge in [0.05, 0.1) is 13.2 Å². The number of carbonyl (C=O) groups is 2. The molecule has 1 heterocycles. The zero-order valence-electron chi connectivity index (χ0n) is 20.2. The van der Waals surface area contributed by atoms with E-state index in [4.69, 9.17) is 4.74 Å². The summed E-state index contributed by atoms with van der Waals surface area (Å²) in [7, 11) is 0. The molecule has 0 aliphatic carbocycles. The number of hydrogen-bond acceptors (Lipinski definition) is 4. The molecule has 6 heteroatoms. The number of nitrogens with one attached hydrogen (secondary N) is 2. The number of nitrogens with zero attached hydrogens (tertiary/aromatic N) is 1. The molecule has 2 N–H and O–H groups in total. The number of anilines is 2. The van der Waals surface area contributed by atoms with E-state index in [1.54, 1.807) is 24.3 Å². The fourth-order valence-electron chi connectivity index (χ4n) is 4.11. The molecule has 0 bridgehead atoms. The SMILES string of the molecule is CC1CCN(C(=O)c2cccc(NC(=O)CNc3ccc(OCCc4ccccc4)cc3)c2)CC1. The number of rotatable bonds is 9. The molecule has 2 amide bonds. The van der Waals surface area contributed by atoms with E-state index in [2.05, 4.69) is 29.7 Å². The fourth-order valence-corrected chi connectivity index (χ4v) is 4.11. The molecule has 3 aromatic rings. The zero-order valence-corrected chi connectivity index (χ0v) is 20.2. The van der Waals surface area contributed by atoms with Crippen LogP contribution in [0.15, 0.2) is 78.9 Å². The lowest BCUT2D eigenvalue weighted by atomic mass is 9.98. The van der Waals surface area contributed by atoms with Crippen LogP contribution in [0, 0.1) is 5.92 Å². The highest BCUT2D eigenvalue weighted by Gasteiger charge is 2.21. The van der Waals surface area contributed by atoms with Gasteiger partial charge in [0.1, 0.15) is 5.75 Å². The van der Waals surface area contributed by atoms with E-state index in [1.165, 1.54) is 5.56 Å². The van der Waals surface area contributed by atoms with Crippen LogP contribution >= 0.6 is 0 Å². The summed E-state index contributed by atoms with van der Waals surface area (Å²) in [6.45, 7) is 4.53. The van der Waals surface area contributed by atoms with Crippen LogP contribution in [0.3, 0.4) is 0 Å². The lowest BCUT2D eigenvalue weighted by Crippen LogP contribution is -2.37. The van der Waals surface area contributed by atoms with Crippen molar-refractivity contribution in [2.24, 2.45) is 5.92 Å². The van der Waals surface area contributed by atoms with Crippen molar-refractivity contribution in [1.82, 2.24) is 4.90 Å². The van der Waals surface area contributed by atoms with Crippen molar-refractivity contribution in [2.45, 2.75) is 26.2 Å². The van der Waals surface area contributed by atoms with Crippen LogP contribution in [0.2, 0.25) is 0 Å². The lowest BCUT2D eigenvalue weighted by Gasteiger charge is -2.30. The van der Waals surface area contributed by atoms with E-state index in [0.717, 1.165) is 43.8 Å². The molecule has 1 fully saturated rings. The number of likely N-dealkylation sites (tertiary alicyclic amines) is 1. The molecular weight excluding hydrogens is 438 g/mol.